The van der Waals surface area contributed by atoms with Crippen LogP contribution in [0.4, 0.5) is 11.4 Å². The van der Waals surface area contributed by atoms with Crippen LogP contribution in [0.2, 0.25) is 0 Å². The van der Waals surface area contributed by atoms with E-state index in [9.17, 15) is 0 Å². The highest BCUT2D eigenvalue weighted by molar-refractivity contribution is 7.58. The van der Waals surface area contributed by atoms with E-state index in [0.717, 1.165) is 33.5 Å². The number of nitrogens with zero attached hydrogens (tertiary/aromatic N) is 4. The quantitative estimate of drug-likeness (QED) is 0.695. The summed E-state index contributed by atoms with van der Waals surface area (Å²) < 4.78 is 13.8. The molecule has 0 fully saturated rings. The minimum absolute atomic E-state index is 0.312. The van der Waals surface area contributed by atoms with E-state index in [-0.39, 0.29) is 0 Å². The average Bonchev–Trinajstić information content (AvgIpc) is 2.91. The van der Waals surface area contributed by atoms with Gasteiger partial charge >= 0.3 is 0 Å². The highest BCUT2D eigenvalue weighted by Crippen LogP contribution is 2.48. The van der Waals surface area contributed by atoms with Crippen LogP contribution < -0.4 is 0 Å². The molecule has 6 heteroatoms. The van der Waals surface area contributed by atoms with Gasteiger partial charge in [-0.25, -0.2) is 4.63 Å². The van der Waals surface area contributed by atoms with Gasteiger partial charge < -0.3 is 0 Å². The van der Waals surface area contributed by atoms with Gasteiger partial charge in [-0.15, -0.1) is 0 Å². The minimum Gasteiger partial charge on any atom is -0.243 e. The number of fused-ring (bicyclic) bond motifs is 2. The molecule has 1 aromatic carbocycles. The highest BCUT2D eigenvalue weighted by Gasteiger charge is 2.27. The lowest BCUT2D eigenvalue weighted by molar-refractivity contribution is 0.315. The maximum Gasteiger partial charge on any atom is 0.141 e. The first-order chi connectivity index (χ1) is 8.61. The third-order valence-electron chi connectivity index (χ3n) is 3.15. The molecule has 0 aliphatic carbocycles. The molecule has 0 saturated carbocycles. The molecule has 0 bridgehead atoms. The van der Waals surface area contributed by atoms with Crippen molar-refractivity contribution in [1.29, 1.82) is 0 Å². The van der Waals surface area contributed by atoms with E-state index in [1.54, 1.807) is 0 Å². The van der Waals surface area contributed by atoms with Crippen molar-refractivity contribution in [2.45, 2.75) is 39.5 Å². The summed E-state index contributed by atoms with van der Waals surface area (Å²) in [5, 5.41) is 8.13. The van der Waals surface area contributed by atoms with Crippen molar-refractivity contribution in [3.63, 3.8) is 0 Å². The second-order valence-corrected chi connectivity index (χ2v) is 5.59. The topological polar surface area (TPSA) is 63.6 Å². The largest absolute Gasteiger partial charge is 0.243 e. The van der Waals surface area contributed by atoms with Gasteiger partial charge in [-0.05, 0) is 22.1 Å². The van der Waals surface area contributed by atoms with Gasteiger partial charge in [0.25, 0.3) is 0 Å². The zero-order valence-electron chi connectivity index (χ0n) is 10.8. The molecule has 0 saturated heterocycles. The minimum atomic E-state index is 0.312. The molecule has 1 aromatic heterocycles. The molecule has 94 valence electrons. The summed E-state index contributed by atoms with van der Waals surface area (Å²) in [7, 11) is 0. The Morgan fingerprint density at radius 3 is 1.67 bits per heavy atom. The van der Waals surface area contributed by atoms with E-state index in [4.69, 9.17) is 4.63 Å². The molecule has 18 heavy (non-hydrogen) atoms. The number of aromatic nitrogens is 2. The van der Waals surface area contributed by atoms with Gasteiger partial charge in [0.05, 0.1) is 11.4 Å². The number of hydrogen-bond donors (Lipinski definition) is 0. The Kier molecular flexibility index (Phi) is 2.55. The zero-order chi connectivity index (χ0) is 12.9. The summed E-state index contributed by atoms with van der Waals surface area (Å²) in [6.07, 6.45) is 0. The molecule has 5 nitrogen and oxygen atoms in total. The SMILES string of the molecule is CC(C)c1c2c(c(C(C)C)c3nonc13)N=S=N2. The van der Waals surface area contributed by atoms with Gasteiger partial charge in [0.1, 0.15) is 22.4 Å². The molecular weight excluding hydrogens is 248 g/mol. The van der Waals surface area contributed by atoms with E-state index in [1.807, 2.05) is 0 Å². The molecule has 3 rings (SSSR count). The van der Waals surface area contributed by atoms with Gasteiger partial charge in [-0.2, -0.15) is 8.73 Å². The van der Waals surface area contributed by atoms with Crippen LogP contribution >= 0.6 is 0 Å². The summed E-state index contributed by atoms with van der Waals surface area (Å²) in [4.78, 5) is 0. The number of benzene rings is 1. The fraction of sp³-hybridized carbons (Fsp3) is 0.500. The Labute approximate surface area is 108 Å². The summed E-state index contributed by atoms with van der Waals surface area (Å²) in [5.74, 6) is 0.624. The Bertz CT molecular complexity index is 642. The lowest BCUT2D eigenvalue weighted by atomic mass is 9.91. The molecule has 0 N–H and O–H groups in total. The van der Waals surface area contributed by atoms with E-state index >= 15 is 0 Å². The number of hydrogen-bond acceptors (Lipinski definition) is 5. The zero-order valence-corrected chi connectivity index (χ0v) is 11.6. The van der Waals surface area contributed by atoms with Gasteiger partial charge in [0.15, 0.2) is 0 Å². The van der Waals surface area contributed by atoms with Crippen LogP contribution in [0.1, 0.15) is 50.7 Å². The van der Waals surface area contributed by atoms with Crippen molar-refractivity contribution in [1.82, 2.24) is 10.3 Å². The van der Waals surface area contributed by atoms with Crippen LogP contribution in [0, 0.1) is 0 Å². The summed E-state index contributed by atoms with van der Waals surface area (Å²) in [6, 6.07) is 0. The van der Waals surface area contributed by atoms with Crippen molar-refractivity contribution in [2.75, 3.05) is 0 Å². The predicted molar refractivity (Wildman–Crippen MR) is 71.5 cm³/mol. The predicted octanol–water partition coefficient (Wildman–Crippen LogP) is 4.20. The lowest BCUT2D eigenvalue weighted by Gasteiger charge is -2.14. The fourth-order valence-corrected chi connectivity index (χ4v) is 2.98. The van der Waals surface area contributed by atoms with Crippen molar-refractivity contribution < 1.29 is 4.63 Å². The number of rotatable bonds is 2. The maximum atomic E-state index is 4.94. The monoisotopic (exact) mass is 262 g/mol. The van der Waals surface area contributed by atoms with E-state index in [1.165, 1.54) is 11.4 Å². The molecule has 0 unspecified atom stereocenters. The second kappa shape index (κ2) is 3.98. The molecule has 1 aliphatic rings. The molecule has 0 radical (unpaired) electrons. The van der Waals surface area contributed by atoms with Gasteiger partial charge in [0, 0.05) is 11.1 Å². The van der Waals surface area contributed by atoms with Crippen LogP contribution in [0.15, 0.2) is 13.4 Å². The van der Waals surface area contributed by atoms with Gasteiger partial charge in [-0.3, -0.25) is 0 Å². The fourth-order valence-electron chi connectivity index (χ4n) is 2.40. The third kappa shape index (κ3) is 1.45. The van der Waals surface area contributed by atoms with E-state index in [2.05, 4.69) is 46.7 Å². The van der Waals surface area contributed by atoms with Crippen LogP contribution in [0.3, 0.4) is 0 Å². The van der Waals surface area contributed by atoms with Crippen LogP contribution in [-0.4, -0.2) is 10.3 Å². The van der Waals surface area contributed by atoms with Crippen LogP contribution in [0.5, 0.6) is 0 Å². The first-order valence-corrected chi connectivity index (χ1v) is 6.74. The molecule has 0 spiro atoms. The van der Waals surface area contributed by atoms with Crippen molar-refractivity contribution >= 4 is 33.8 Å². The lowest BCUT2D eigenvalue weighted by Crippen LogP contribution is -1.96. The summed E-state index contributed by atoms with van der Waals surface area (Å²) >= 11 is 1.24. The first kappa shape index (κ1) is 11.5. The molecular formula is C12H14N4OS. The van der Waals surface area contributed by atoms with Crippen molar-refractivity contribution in [2.24, 2.45) is 8.73 Å². The van der Waals surface area contributed by atoms with E-state index in [0.29, 0.717) is 11.8 Å². The first-order valence-electron chi connectivity index (χ1n) is 6.01. The highest BCUT2D eigenvalue weighted by atomic mass is 32.1. The molecule has 0 amide bonds. The molecule has 2 heterocycles. The third-order valence-corrected chi connectivity index (χ3v) is 3.68. The smallest absolute Gasteiger partial charge is 0.141 e. The van der Waals surface area contributed by atoms with Gasteiger partial charge in [0.2, 0.25) is 0 Å². The maximum absolute atomic E-state index is 4.94. The van der Waals surface area contributed by atoms with Crippen molar-refractivity contribution in [3.05, 3.63) is 11.1 Å². The van der Waals surface area contributed by atoms with Crippen LogP contribution in [0.25, 0.3) is 11.0 Å². The molecule has 0 atom stereocenters. The van der Waals surface area contributed by atoms with Crippen LogP contribution in [-0.2, 0) is 11.4 Å². The van der Waals surface area contributed by atoms with Crippen molar-refractivity contribution in [3.8, 4) is 0 Å². The van der Waals surface area contributed by atoms with E-state index < -0.39 is 0 Å². The Balaban J connectivity index is 2.49. The Hall–Kier alpha value is -1.56. The molecule has 2 aromatic rings. The Morgan fingerprint density at radius 2 is 1.28 bits per heavy atom. The Morgan fingerprint density at radius 1 is 0.833 bits per heavy atom. The summed E-state index contributed by atoms with van der Waals surface area (Å²) in [6.45, 7) is 8.49. The summed E-state index contributed by atoms with van der Waals surface area (Å²) in [5.41, 5.74) is 5.71. The molecule has 1 aliphatic heterocycles. The van der Waals surface area contributed by atoms with Gasteiger partial charge in [-0.1, -0.05) is 27.7 Å². The average molecular weight is 262 g/mol. The standard InChI is InChI=1S/C12H14N4OS/c1-5(2)7-9-10(14-17-13-9)8(6(3)4)12-11(7)15-18-16-12/h5-6H,1-4H3. The normalized spacial score (nSPS) is 13.7. The second-order valence-electron chi connectivity index (χ2n) is 5.06.